The van der Waals surface area contributed by atoms with E-state index in [2.05, 4.69) is 0 Å². The molecule has 0 aromatic heterocycles. The SMILES string of the molecule is CCCC(Oc1ccccc1)[Se]CC(F)(F)F. The molecule has 1 aromatic rings. The van der Waals surface area contributed by atoms with Gasteiger partial charge in [0.25, 0.3) is 0 Å². The van der Waals surface area contributed by atoms with Gasteiger partial charge in [-0.05, 0) is 0 Å². The molecule has 0 spiro atoms. The van der Waals surface area contributed by atoms with E-state index in [-0.39, 0.29) is 5.00 Å². The maximum absolute atomic E-state index is 12.2. The summed E-state index contributed by atoms with van der Waals surface area (Å²) < 4.78 is 42.0. The van der Waals surface area contributed by atoms with Crippen molar-refractivity contribution in [2.75, 3.05) is 0 Å². The Kier molecular flexibility index (Phi) is 5.86. The van der Waals surface area contributed by atoms with Crippen LogP contribution in [0.1, 0.15) is 19.8 Å². The number of ether oxygens (including phenoxy) is 1. The first-order valence-electron chi connectivity index (χ1n) is 5.41. The first-order chi connectivity index (χ1) is 8.01. The molecule has 0 N–H and O–H groups in total. The Labute approximate surface area is 106 Å². The Bertz CT molecular complexity index is 313. The summed E-state index contributed by atoms with van der Waals surface area (Å²) in [4.78, 5) is 0. The summed E-state index contributed by atoms with van der Waals surface area (Å²) in [6.07, 6.45) is -2.58. The molecule has 0 aliphatic rings. The molecule has 0 fully saturated rings. The number of alkyl halides is 3. The second-order valence-corrected chi connectivity index (χ2v) is 5.98. The van der Waals surface area contributed by atoms with Gasteiger partial charge >= 0.3 is 105 Å². The Morgan fingerprint density at radius 3 is 2.41 bits per heavy atom. The van der Waals surface area contributed by atoms with Crippen LogP contribution < -0.4 is 4.74 Å². The standard InChI is InChI=1S/C12H15F3OSe/c1-2-6-11(17-9-12(13,14)15)16-10-7-4-3-5-8-10/h3-5,7-8,11H,2,6,9H2,1H3. The molecule has 1 rings (SSSR count). The minimum atomic E-state index is -4.08. The zero-order chi connectivity index (χ0) is 12.7. The quantitative estimate of drug-likeness (QED) is 0.725. The third-order valence-electron chi connectivity index (χ3n) is 1.97. The molecule has 0 bridgehead atoms. The number of rotatable bonds is 6. The molecular formula is C12H15F3OSe. The second-order valence-electron chi connectivity index (χ2n) is 3.58. The Balaban J connectivity index is 2.49. The average Bonchev–Trinajstić information content (AvgIpc) is 2.27. The molecule has 1 atom stereocenters. The van der Waals surface area contributed by atoms with Crippen LogP contribution in [0.2, 0.25) is 5.32 Å². The predicted octanol–water partition coefficient (Wildman–Crippen LogP) is 3.88. The Morgan fingerprint density at radius 1 is 1.24 bits per heavy atom. The van der Waals surface area contributed by atoms with Crippen molar-refractivity contribution in [1.29, 1.82) is 0 Å². The van der Waals surface area contributed by atoms with Crippen LogP contribution >= 0.6 is 0 Å². The molecule has 96 valence electrons. The van der Waals surface area contributed by atoms with Gasteiger partial charge < -0.3 is 0 Å². The molecule has 17 heavy (non-hydrogen) atoms. The first-order valence-corrected chi connectivity index (χ1v) is 7.61. The number of para-hydroxylation sites is 1. The Morgan fingerprint density at radius 2 is 1.88 bits per heavy atom. The molecule has 0 aliphatic heterocycles. The van der Waals surface area contributed by atoms with Crippen molar-refractivity contribution in [1.82, 2.24) is 0 Å². The van der Waals surface area contributed by atoms with E-state index < -0.39 is 26.5 Å². The molecule has 0 saturated heterocycles. The number of halogens is 3. The van der Waals surface area contributed by atoms with Crippen molar-refractivity contribution >= 4 is 15.0 Å². The summed E-state index contributed by atoms with van der Waals surface area (Å²) in [5, 5.41) is -1.02. The van der Waals surface area contributed by atoms with Gasteiger partial charge in [-0.1, -0.05) is 0 Å². The van der Waals surface area contributed by atoms with Crippen LogP contribution in [0.4, 0.5) is 13.2 Å². The Hall–Kier alpha value is -0.671. The summed E-state index contributed by atoms with van der Waals surface area (Å²) >= 11 is -0.565. The fourth-order valence-electron chi connectivity index (χ4n) is 1.25. The molecule has 1 aromatic carbocycles. The zero-order valence-electron chi connectivity index (χ0n) is 9.54. The van der Waals surface area contributed by atoms with Gasteiger partial charge in [-0.25, -0.2) is 0 Å². The summed E-state index contributed by atoms with van der Waals surface area (Å²) in [6.45, 7) is 1.95. The van der Waals surface area contributed by atoms with Crippen LogP contribution in [-0.2, 0) is 0 Å². The maximum atomic E-state index is 12.2. The number of hydrogen-bond donors (Lipinski definition) is 0. The molecule has 0 saturated carbocycles. The van der Waals surface area contributed by atoms with Crippen molar-refractivity contribution in [3.63, 3.8) is 0 Å². The van der Waals surface area contributed by atoms with Crippen LogP contribution in [0.3, 0.4) is 0 Å². The fourth-order valence-corrected chi connectivity index (χ4v) is 3.26. The summed E-state index contributed by atoms with van der Waals surface area (Å²) in [5.41, 5.74) is 0. The molecule has 0 amide bonds. The van der Waals surface area contributed by atoms with Crippen LogP contribution in [-0.4, -0.2) is 26.1 Å². The third-order valence-corrected chi connectivity index (χ3v) is 4.48. The van der Waals surface area contributed by atoms with Crippen molar-refractivity contribution in [3.8, 4) is 5.75 Å². The van der Waals surface area contributed by atoms with E-state index in [0.29, 0.717) is 12.2 Å². The zero-order valence-corrected chi connectivity index (χ0v) is 11.2. The molecule has 0 radical (unpaired) electrons. The first kappa shape index (κ1) is 14.4. The molecular weight excluding hydrogens is 296 g/mol. The van der Waals surface area contributed by atoms with Gasteiger partial charge in [0.15, 0.2) is 0 Å². The number of benzene rings is 1. The van der Waals surface area contributed by atoms with E-state index in [1.54, 1.807) is 12.1 Å². The molecule has 1 unspecified atom stereocenters. The van der Waals surface area contributed by atoms with Crippen molar-refractivity contribution in [3.05, 3.63) is 30.3 Å². The topological polar surface area (TPSA) is 9.23 Å². The number of hydrogen-bond acceptors (Lipinski definition) is 1. The van der Waals surface area contributed by atoms with Crippen molar-refractivity contribution < 1.29 is 17.9 Å². The summed E-state index contributed by atoms with van der Waals surface area (Å²) in [6, 6.07) is 9.02. The third kappa shape index (κ3) is 6.59. The molecule has 0 heterocycles. The second kappa shape index (κ2) is 6.92. The normalized spacial score (nSPS) is 13.4. The predicted molar refractivity (Wildman–Crippen MR) is 62.4 cm³/mol. The van der Waals surface area contributed by atoms with Gasteiger partial charge in [0, 0.05) is 0 Å². The van der Waals surface area contributed by atoms with Crippen LogP contribution in [0.15, 0.2) is 30.3 Å². The van der Waals surface area contributed by atoms with E-state index in [1.165, 1.54) is 0 Å². The van der Waals surface area contributed by atoms with Crippen molar-refractivity contribution in [2.24, 2.45) is 0 Å². The van der Waals surface area contributed by atoms with Crippen LogP contribution in [0, 0.1) is 0 Å². The van der Waals surface area contributed by atoms with Gasteiger partial charge in [-0.2, -0.15) is 0 Å². The molecule has 0 aliphatic carbocycles. The molecule has 5 heteroatoms. The van der Waals surface area contributed by atoms with Gasteiger partial charge in [-0.3, -0.25) is 0 Å². The van der Waals surface area contributed by atoms with Gasteiger partial charge in [0.05, 0.1) is 0 Å². The summed E-state index contributed by atoms with van der Waals surface area (Å²) in [7, 11) is 0. The van der Waals surface area contributed by atoms with Gasteiger partial charge in [0.1, 0.15) is 0 Å². The van der Waals surface area contributed by atoms with E-state index in [9.17, 15) is 13.2 Å². The van der Waals surface area contributed by atoms with Crippen LogP contribution in [0.5, 0.6) is 5.75 Å². The van der Waals surface area contributed by atoms with E-state index in [1.807, 2.05) is 25.1 Å². The fraction of sp³-hybridized carbons (Fsp3) is 0.500. The van der Waals surface area contributed by atoms with Crippen LogP contribution in [0.25, 0.3) is 0 Å². The average molecular weight is 311 g/mol. The van der Waals surface area contributed by atoms with E-state index in [4.69, 9.17) is 4.74 Å². The van der Waals surface area contributed by atoms with Crippen molar-refractivity contribution in [2.45, 2.75) is 36.3 Å². The molecule has 1 nitrogen and oxygen atoms in total. The monoisotopic (exact) mass is 312 g/mol. The minimum absolute atomic E-state index is 0.295. The van der Waals surface area contributed by atoms with Gasteiger partial charge in [0.2, 0.25) is 0 Å². The summed E-state index contributed by atoms with van der Waals surface area (Å²) in [5.74, 6) is 0.648. The van der Waals surface area contributed by atoms with E-state index in [0.717, 1.165) is 6.42 Å². The van der Waals surface area contributed by atoms with E-state index >= 15 is 0 Å². The van der Waals surface area contributed by atoms with Gasteiger partial charge in [-0.15, -0.1) is 0 Å².